The van der Waals surface area contributed by atoms with E-state index in [2.05, 4.69) is 7.05 Å². The third-order valence-corrected chi connectivity index (χ3v) is 7.48. The van der Waals surface area contributed by atoms with Crippen LogP contribution in [-0.4, -0.2) is 67.8 Å². The predicted molar refractivity (Wildman–Crippen MR) is 98.3 cm³/mol. The second-order valence-electron chi connectivity index (χ2n) is 9.99. The number of quaternary nitrogens is 1. The Morgan fingerprint density at radius 3 is 2.16 bits per heavy atom. The lowest BCUT2D eigenvalue weighted by Gasteiger charge is -2.56. The first-order valence-corrected chi connectivity index (χ1v) is 10.8. The summed E-state index contributed by atoms with van der Waals surface area (Å²) in [4.78, 5) is 0. The van der Waals surface area contributed by atoms with E-state index in [-0.39, 0.29) is 11.7 Å². The lowest BCUT2D eigenvalue weighted by molar-refractivity contribution is -0.916. The van der Waals surface area contributed by atoms with Gasteiger partial charge in [-0.1, -0.05) is 0 Å². The van der Waals surface area contributed by atoms with Crippen LogP contribution in [0.15, 0.2) is 0 Å². The van der Waals surface area contributed by atoms with Crippen LogP contribution in [0.3, 0.4) is 0 Å². The van der Waals surface area contributed by atoms with Crippen molar-refractivity contribution in [3.63, 3.8) is 0 Å². The maximum atomic E-state index is 10.3. The highest BCUT2D eigenvalue weighted by Gasteiger charge is 2.51. The Morgan fingerprint density at radius 2 is 1.56 bits per heavy atom. The normalized spacial score (nSPS) is 40.3. The summed E-state index contributed by atoms with van der Waals surface area (Å²) in [5.41, 5.74) is 0.184. The summed E-state index contributed by atoms with van der Waals surface area (Å²) in [6.07, 6.45) is 11.8. The van der Waals surface area contributed by atoms with Gasteiger partial charge in [0.2, 0.25) is 0 Å². The van der Waals surface area contributed by atoms with Crippen LogP contribution in [0.4, 0.5) is 0 Å². The molecular weight excluding hydrogens is 314 g/mol. The summed E-state index contributed by atoms with van der Waals surface area (Å²) in [6.45, 7) is 5.01. The van der Waals surface area contributed by atoms with Crippen molar-refractivity contribution in [3.05, 3.63) is 0 Å². The second-order valence-corrected chi connectivity index (χ2v) is 9.99. The van der Waals surface area contributed by atoms with Gasteiger partial charge in [-0.25, -0.2) is 0 Å². The van der Waals surface area contributed by atoms with Crippen molar-refractivity contribution in [1.29, 1.82) is 0 Å². The fraction of sp³-hybridized carbons (Fsp3) is 1.00. The summed E-state index contributed by atoms with van der Waals surface area (Å²) in [5.74, 6) is 2.80. The molecule has 4 aliphatic carbocycles. The Hall–Kier alpha value is -0.160. The molecule has 0 amide bonds. The maximum absolute atomic E-state index is 10.3. The molecule has 1 heterocycles. The number of likely N-dealkylation sites (tertiary alicyclic amines) is 1. The van der Waals surface area contributed by atoms with Gasteiger partial charge >= 0.3 is 0 Å². The summed E-state index contributed by atoms with van der Waals surface area (Å²) in [7, 11) is 2.28. The highest BCUT2D eigenvalue weighted by atomic mass is 16.5. The summed E-state index contributed by atoms with van der Waals surface area (Å²) in [6, 6.07) is 0. The molecule has 1 N–H and O–H groups in total. The third kappa shape index (κ3) is 4.40. The minimum absolute atomic E-state index is 0.184. The minimum Gasteiger partial charge on any atom is -0.385 e. The van der Waals surface area contributed by atoms with E-state index in [1.54, 1.807) is 0 Å². The molecule has 1 atom stereocenters. The van der Waals surface area contributed by atoms with E-state index in [9.17, 15) is 5.11 Å². The van der Waals surface area contributed by atoms with Gasteiger partial charge in [0.1, 0.15) is 12.6 Å². The number of piperidine rings is 1. The second kappa shape index (κ2) is 7.46. The van der Waals surface area contributed by atoms with E-state index < -0.39 is 0 Å². The number of likely N-dealkylation sites (N-methyl/N-ethyl adjacent to an activating group) is 1. The van der Waals surface area contributed by atoms with Gasteiger partial charge in [0.05, 0.1) is 45.6 Å². The molecule has 0 aromatic heterocycles. The molecule has 0 aromatic carbocycles. The molecule has 0 aromatic rings. The zero-order valence-electron chi connectivity index (χ0n) is 16.1. The smallest absolute Gasteiger partial charge is 0.126 e. The molecule has 5 fully saturated rings. The van der Waals surface area contributed by atoms with Crippen LogP contribution in [0.25, 0.3) is 0 Å². The minimum atomic E-state index is -0.345. The van der Waals surface area contributed by atoms with Gasteiger partial charge < -0.3 is 19.1 Å². The summed E-state index contributed by atoms with van der Waals surface area (Å²) in [5, 5.41) is 10.3. The fourth-order valence-corrected chi connectivity index (χ4v) is 6.76. The van der Waals surface area contributed by atoms with Crippen molar-refractivity contribution < 1.29 is 19.1 Å². The Bertz CT molecular complexity index is 411. The van der Waals surface area contributed by atoms with E-state index in [0.717, 1.165) is 28.8 Å². The van der Waals surface area contributed by atoms with Crippen molar-refractivity contribution in [2.45, 2.75) is 69.5 Å². The summed E-state index contributed by atoms with van der Waals surface area (Å²) < 4.78 is 13.2. The Balaban J connectivity index is 1.13. The molecule has 5 rings (SSSR count). The summed E-state index contributed by atoms with van der Waals surface area (Å²) >= 11 is 0. The molecule has 1 aliphatic heterocycles. The molecule has 25 heavy (non-hydrogen) atoms. The molecule has 4 heteroatoms. The number of hydrogen-bond donors (Lipinski definition) is 1. The highest BCUT2D eigenvalue weighted by molar-refractivity contribution is 5.03. The number of hydrogen-bond acceptors (Lipinski definition) is 3. The first-order valence-electron chi connectivity index (χ1n) is 10.8. The molecular formula is C21H38NO3+. The first-order chi connectivity index (χ1) is 12.0. The SMILES string of the molecule is C[N+]1(C[C@H](O)COCCOC23CC4CC(CC(C4)C2)C3)CCCCC1. The number of aliphatic hydroxyl groups excluding tert-OH is 1. The Morgan fingerprint density at radius 1 is 0.960 bits per heavy atom. The number of nitrogens with zero attached hydrogens (tertiary/aromatic N) is 1. The molecule has 0 radical (unpaired) electrons. The zero-order valence-corrected chi connectivity index (χ0v) is 16.1. The van der Waals surface area contributed by atoms with Crippen LogP contribution in [0.1, 0.15) is 57.8 Å². The number of aliphatic hydroxyl groups is 1. The van der Waals surface area contributed by atoms with Gasteiger partial charge in [-0.15, -0.1) is 0 Å². The molecule has 144 valence electrons. The molecule has 4 nitrogen and oxygen atoms in total. The van der Waals surface area contributed by atoms with Crippen molar-refractivity contribution in [2.24, 2.45) is 17.8 Å². The highest BCUT2D eigenvalue weighted by Crippen LogP contribution is 2.57. The maximum Gasteiger partial charge on any atom is 0.126 e. The number of ether oxygens (including phenoxy) is 2. The molecule has 4 bridgehead atoms. The van der Waals surface area contributed by atoms with Crippen LogP contribution in [0.5, 0.6) is 0 Å². The molecule has 4 saturated carbocycles. The largest absolute Gasteiger partial charge is 0.385 e. The van der Waals surface area contributed by atoms with Crippen molar-refractivity contribution >= 4 is 0 Å². The van der Waals surface area contributed by atoms with Crippen LogP contribution < -0.4 is 0 Å². The van der Waals surface area contributed by atoms with Gasteiger partial charge in [-0.3, -0.25) is 0 Å². The molecule has 0 spiro atoms. The average Bonchev–Trinajstić information content (AvgIpc) is 2.53. The van der Waals surface area contributed by atoms with E-state index >= 15 is 0 Å². The van der Waals surface area contributed by atoms with Crippen molar-refractivity contribution in [1.82, 2.24) is 0 Å². The first kappa shape index (κ1) is 18.2. The van der Waals surface area contributed by atoms with Crippen LogP contribution in [0.2, 0.25) is 0 Å². The van der Waals surface area contributed by atoms with Gasteiger partial charge in [0.25, 0.3) is 0 Å². The quantitative estimate of drug-likeness (QED) is 0.539. The lowest BCUT2D eigenvalue weighted by Crippen LogP contribution is -2.53. The van der Waals surface area contributed by atoms with Gasteiger partial charge in [-0.2, -0.15) is 0 Å². The Labute approximate surface area is 153 Å². The van der Waals surface area contributed by atoms with E-state index in [0.29, 0.717) is 19.8 Å². The van der Waals surface area contributed by atoms with E-state index in [4.69, 9.17) is 9.47 Å². The molecule has 5 aliphatic rings. The zero-order chi connectivity index (χ0) is 17.3. The van der Waals surface area contributed by atoms with Crippen molar-refractivity contribution in [2.75, 3.05) is 46.5 Å². The van der Waals surface area contributed by atoms with Crippen LogP contribution in [0, 0.1) is 17.8 Å². The van der Waals surface area contributed by atoms with E-state index in [1.165, 1.54) is 70.9 Å². The van der Waals surface area contributed by atoms with Crippen LogP contribution in [-0.2, 0) is 9.47 Å². The van der Waals surface area contributed by atoms with Gasteiger partial charge in [0.15, 0.2) is 0 Å². The Kier molecular flexibility index (Phi) is 5.43. The number of rotatable bonds is 8. The molecule has 1 saturated heterocycles. The topological polar surface area (TPSA) is 38.7 Å². The van der Waals surface area contributed by atoms with Gasteiger partial charge in [-0.05, 0) is 75.5 Å². The standard InChI is InChI=1S/C21H38NO3/c1-22(5-3-2-4-6-22)15-20(23)16-24-7-8-25-21-12-17-9-18(13-21)11-19(10-17)14-21/h17-20,23H,2-16H2,1H3/q+1/t17?,18?,19?,20-,21?/m0/s1. The van der Waals surface area contributed by atoms with Crippen molar-refractivity contribution in [3.8, 4) is 0 Å². The predicted octanol–water partition coefficient (Wildman–Crippen LogP) is 2.98. The van der Waals surface area contributed by atoms with Gasteiger partial charge in [0, 0.05) is 0 Å². The average molecular weight is 353 g/mol. The van der Waals surface area contributed by atoms with E-state index in [1.807, 2.05) is 0 Å². The third-order valence-electron chi connectivity index (χ3n) is 7.48. The molecule has 0 unspecified atom stereocenters. The lowest BCUT2D eigenvalue weighted by atomic mass is 9.54. The monoisotopic (exact) mass is 352 g/mol. The van der Waals surface area contributed by atoms with Crippen LogP contribution >= 0.6 is 0 Å². The fourth-order valence-electron chi connectivity index (χ4n) is 6.76.